The van der Waals surface area contributed by atoms with E-state index in [-0.39, 0.29) is 18.1 Å². The van der Waals surface area contributed by atoms with Gasteiger partial charge in [0.15, 0.2) is 0 Å². The smallest absolute Gasteiger partial charge is 0.257 e. The zero-order valence-electron chi connectivity index (χ0n) is 17.4. The number of nitrogens with zero attached hydrogens (tertiary/aromatic N) is 1. The maximum Gasteiger partial charge on any atom is 0.257 e. The fraction of sp³-hybridized carbons (Fsp3) is 0.417. The van der Waals surface area contributed by atoms with Crippen molar-refractivity contribution in [1.82, 2.24) is 10.2 Å². The summed E-state index contributed by atoms with van der Waals surface area (Å²) in [6.45, 7) is 2.51. The molecule has 2 aliphatic rings. The van der Waals surface area contributed by atoms with E-state index >= 15 is 0 Å². The van der Waals surface area contributed by atoms with Crippen molar-refractivity contribution in [2.75, 3.05) is 6.61 Å². The van der Waals surface area contributed by atoms with Gasteiger partial charge in [-0.1, -0.05) is 37.3 Å². The Kier molecular flexibility index (Phi) is 6.05. The van der Waals surface area contributed by atoms with Gasteiger partial charge in [-0.15, -0.1) is 0 Å². The Balaban J connectivity index is 1.60. The summed E-state index contributed by atoms with van der Waals surface area (Å²) in [5, 5.41) is 2.87. The van der Waals surface area contributed by atoms with Gasteiger partial charge in [-0.05, 0) is 49.3 Å². The van der Waals surface area contributed by atoms with Crippen LogP contribution in [0.1, 0.15) is 48.5 Å². The van der Waals surface area contributed by atoms with Crippen LogP contribution in [0, 0.1) is 17.6 Å². The van der Waals surface area contributed by atoms with Crippen LogP contribution in [0.15, 0.2) is 48.5 Å². The molecule has 1 heterocycles. The number of carbonyl (C=O) groups is 2. The normalized spacial score (nSPS) is 25.6. The Labute approximate surface area is 180 Å². The Morgan fingerprint density at radius 1 is 1.10 bits per heavy atom. The molecule has 1 aliphatic heterocycles. The molecule has 4 rings (SSSR count). The third-order valence-corrected chi connectivity index (χ3v) is 6.26. The first-order valence-electron chi connectivity index (χ1n) is 10.6. The quantitative estimate of drug-likeness (QED) is 0.800. The van der Waals surface area contributed by atoms with Gasteiger partial charge in [-0.25, -0.2) is 8.78 Å². The summed E-state index contributed by atoms with van der Waals surface area (Å²) in [7, 11) is 0. The number of hydrogen-bond donors (Lipinski definition) is 1. The number of halogens is 2. The van der Waals surface area contributed by atoms with Crippen molar-refractivity contribution in [1.29, 1.82) is 0 Å². The van der Waals surface area contributed by atoms with Crippen LogP contribution in [0.25, 0.3) is 0 Å². The van der Waals surface area contributed by atoms with Crippen LogP contribution < -0.4 is 5.32 Å². The second kappa shape index (κ2) is 8.75. The molecule has 1 saturated heterocycles. The molecule has 1 aliphatic carbocycles. The number of ether oxygens (including phenoxy) is 1. The van der Waals surface area contributed by atoms with Crippen molar-refractivity contribution in [3.05, 3.63) is 71.3 Å². The zero-order valence-corrected chi connectivity index (χ0v) is 17.4. The highest BCUT2D eigenvalue weighted by Crippen LogP contribution is 2.43. The summed E-state index contributed by atoms with van der Waals surface area (Å²) in [6, 6.07) is 11.3. The Morgan fingerprint density at radius 3 is 2.39 bits per heavy atom. The monoisotopic (exact) mass is 428 g/mol. The first-order valence-corrected chi connectivity index (χ1v) is 10.6. The van der Waals surface area contributed by atoms with Gasteiger partial charge >= 0.3 is 0 Å². The van der Waals surface area contributed by atoms with Gasteiger partial charge in [0.25, 0.3) is 5.91 Å². The summed E-state index contributed by atoms with van der Waals surface area (Å²) in [5.74, 6) is -2.11. The van der Waals surface area contributed by atoms with Crippen LogP contribution in [0.2, 0.25) is 0 Å². The highest BCUT2D eigenvalue weighted by atomic mass is 19.1. The molecule has 2 aromatic carbocycles. The predicted molar refractivity (Wildman–Crippen MR) is 111 cm³/mol. The van der Waals surface area contributed by atoms with Crippen molar-refractivity contribution in [2.45, 2.75) is 50.9 Å². The summed E-state index contributed by atoms with van der Waals surface area (Å²) in [5.41, 5.74) is -0.121. The molecule has 2 aromatic rings. The van der Waals surface area contributed by atoms with E-state index < -0.39 is 29.3 Å². The Morgan fingerprint density at radius 2 is 1.74 bits per heavy atom. The van der Waals surface area contributed by atoms with Crippen molar-refractivity contribution >= 4 is 11.8 Å². The summed E-state index contributed by atoms with van der Waals surface area (Å²) in [4.78, 5) is 27.9. The number of carbonyl (C=O) groups excluding carboxylic acids is 2. The second-order valence-electron chi connectivity index (χ2n) is 8.49. The molecule has 0 aromatic heterocycles. The Hall–Kier alpha value is -2.80. The molecular formula is C24H26F2N2O3. The molecule has 0 radical (unpaired) electrons. The standard InChI is InChI=1S/C24H26F2N2O3/c1-16-7-9-24(10-8-16)28(23(30)18-11-19(25)13-20(26)12-18)21(15-31-24)22(29)27-14-17-5-3-2-4-6-17/h2-6,11-13,16,21H,7-10,14-15H2,1H3,(H,27,29). The number of hydrogen-bond acceptors (Lipinski definition) is 3. The lowest BCUT2D eigenvalue weighted by Gasteiger charge is -2.43. The number of amides is 2. The average molecular weight is 428 g/mol. The third kappa shape index (κ3) is 4.46. The molecule has 1 spiro atoms. The van der Waals surface area contributed by atoms with E-state index in [0.717, 1.165) is 36.6 Å². The maximum atomic E-state index is 13.8. The predicted octanol–water partition coefficient (Wildman–Crippen LogP) is 4.03. The number of nitrogens with one attached hydrogen (secondary N) is 1. The van der Waals surface area contributed by atoms with E-state index in [9.17, 15) is 18.4 Å². The van der Waals surface area contributed by atoms with Gasteiger partial charge in [0, 0.05) is 18.2 Å². The first kappa shape index (κ1) is 21.4. The van der Waals surface area contributed by atoms with Crippen molar-refractivity contribution in [3.63, 3.8) is 0 Å². The fourth-order valence-corrected chi connectivity index (χ4v) is 4.50. The molecule has 5 nitrogen and oxygen atoms in total. The highest BCUT2D eigenvalue weighted by Gasteiger charge is 2.53. The lowest BCUT2D eigenvalue weighted by atomic mass is 9.83. The molecule has 1 N–H and O–H groups in total. The van der Waals surface area contributed by atoms with Crippen LogP contribution in [0.5, 0.6) is 0 Å². The molecule has 0 bridgehead atoms. The average Bonchev–Trinajstić information content (AvgIpc) is 3.12. The van der Waals surface area contributed by atoms with E-state index in [1.54, 1.807) is 0 Å². The van der Waals surface area contributed by atoms with Gasteiger partial charge < -0.3 is 10.1 Å². The van der Waals surface area contributed by atoms with Crippen LogP contribution >= 0.6 is 0 Å². The first-order chi connectivity index (χ1) is 14.9. The fourth-order valence-electron chi connectivity index (χ4n) is 4.50. The molecule has 1 unspecified atom stereocenters. The zero-order chi connectivity index (χ0) is 22.0. The minimum atomic E-state index is -0.929. The van der Waals surface area contributed by atoms with Gasteiger partial charge in [0.05, 0.1) is 6.61 Å². The van der Waals surface area contributed by atoms with Gasteiger partial charge in [-0.2, -0.15) is 0 Å². The summed E-state index contributed by atoms with van der Waals surface area (Å²) >= 11 is 0. The SMILES string of the molecule is CC1CCC2(CC1)OCC(C(=O)NCc1ccccc1)N2C(=O)c1cc(F)cc(F)c1. The van der Waals surface area contributed by atoms with Crippen LogP contribution in [0.3, 0.4) is 0 Å². The van der Waals surface area contributed by atoms with Crippen LogP contribution in [-0.2, 0) is 16.1 Å². The van der Waals surface area contributed by atoms with E-state index in [1.165, 1.54) is 4.90 Å². The minimum absolute atomic E-state index is 0.0541. The molecular weight excluding hydrogens is 402 g/mol. The van der Waals surface area contributed by atoms with E-state index in [0.29, 0.717) is 25.3 Å². The Bertz CT molecular complexity index is 938. The number of benzene rings is 2. The largest absolute Gasteiger partial charge is 0.353 e. The van der Waals surface area contributed by atoms with E-state index in [4.69, 9.17) is 4.74 Å². The van der Waals surface area contributed by atoms with E-state index in [1.807, 2.05) is 30.3 Å². The number of rotatable bonds is 4. The minimum Gasteiger partial charge on any atom is -0.353 e. The molecule has 7 heteroatoms. The molecule has 2 amide bonds. The van der Waals surface area contributed by atoms with Crippen molar-refractivity contribution in [2.24, 2.45) is 5.92 Å². The molecule has 164 valence electrons. The van der Waals surface area contributed by atoms with Crippen molar-refractivity contribution in [3.8, 4) is 0 Å². The van der Waals surface area contributed by atoms with Gasteiger partial charge in [0.1, 0.15) is 23.4 Å². The van der Waals surface area contributed by atoms with Crippen LogP contribution in [0.4, 0.5) is 8.78 Å². The third-order valence-electron chi connectivity index (χ3n) is 6.26. The van der Waals surface area contributed by atoms with E-state index in [2.05, 4.69) is 12.2 Å². The lowest BCUT2D eigenvalue weighted by Crippen LogP contribution is -2.56. The lowest BCUT2D eigenvalue weighted by molar-refractivity contribution is -0.128. The second-order valence-corrected chi connectivity index (χ2v) is 8.49. The highest BCUT2D eigenvalue weighted by molar-refractivity contribution is 5.98. The maximum absolute atomic E-state index is 13.8. The van der Waals surface area contributed by atoms with Crippen molar-refractivity contribution < 1.29 is 23.1 Å². The topological polar surface area (TPSA) is 58.6 Å². The summed E-state index contributed by atoms with van der Waals surface area (Å²) < 4.78 is 33.7. The molecule has 1 atom stereocenters. The summed E-state index contributed by atoms with van der Waals surface area (Å²) in [6.07, 6.45) is 2.86. The molecule has 2 fully saturated rings. The molecule has 1 saturated carbocycles. The van der Waals surface area contributed by atoms with Gasteiger partial charge in [0.2, 0.25) is 5.91 Å². The van der Waals surface area contributed by atoms with Crippen LogP contribution in [-0.4, -0.2) is 35.1 Å². The van der Waals surface area contributed by atoms with Gasteiger partial charge in [-0.3, -0.25) is 14.5 Å². The molecule has 31 heavy (non-hydrogen) atoms.